The smallest absolute Gasteiger partial charge is 0.126 e. The highest BCUT2D eigenvalue weighted by molar-refractivity contribution is 6.00. The molecule has 2 aliphatic rings. The summed E-state index contributed by atoms with van der Waals surface area (Å²) in [5.74, 6) is 1.71. The average Bonchev–Trinajstić information content (AvgIpc) is 3.22. The number of benzene rings is 2. The van der Waals surface area contributed by atoms with Crippen molar-refractivity contribution < 1.29 is 4.39 Å². The lowest BCUT2D eigenvalue weighted by molar-refractivity contribution is -0.0340. The van der Waals surface area contributed by atoms with Crippen LogP contribution in [0.5, 0.6) is 0 Å². The van der Waals surface area contributed by atoms with Gasteiger partial charge in [0.15, 0.2) is 0 Å². The third kappa shape index (κ3) is 2.74. The molecule has 0 bridgehead atoms. The van der Waals surface area contributed by atoms with E-state index in [-0.39, 0.29) is 5.82 Å². The van der Waals surface area contributed by atoms with Crippen molar-refractivity contribution in [3.63, 3.8) is 0 Å². The number of halogens is 1. The second kappa shape index (κ2) is 6.69. The summed E-state index contributed by atoms with van der Waals surface area (Å²) in [6.07, 6.45) is 5.39. The summed E-state index contributed by atoms with van der Waals surface area (Å²) in [4.78, 5) is 0. The van der Waals surface area contributed by atoms with Gasteiger partial charge in [0.2, 0.25) is 0 Å². The molecule has 0 unspecified atom stereocenters. The van der Waals surface area contributed by atoms with E-state index in [0.717, 1.165) is 28.2 Å². The Kier molecular flexibility index (Phi) is 4.19. The minimum absolute atomic E-state index is 0.148. The van der Waals surface area contributed by atoms with Gasteiger partial charge in [-0.05, 0) is 104 Å². The Morgan fingerprint density at radius 1 is 1.06 bits per heavy atom. The second-order valence-electron chi connectivity index (χ2n) is 11.1. The van der Waals surface area contributed by atoms with E-state index in [1.165, 1.54) is 47.8 Å². The zero-order chi connectivity index (χ0) is 22.4. The number of rotatable bonds is 3. The molecule has 0 saturated heterocycles. The molecule has 1 N–H and O–H groups in total. The van der Waals surface area contributed by atoms with Gasteiger partial charge < -0.3 is 4.57 Å². The molecule has 2 aromatic carbocycles. The lowest BCUT2D eigenvalue weighted by atomic mass is 9.47. The number of hydrogen-bond donors (Lipinski definition) is 1. The van der Waals surface area contributed by atoms with Gasteiger partial charge in [0.25, 0.3) is 0 Å². The van der Waals surface area contributed by atoms with Crippen LogP contribution in [-0.2, 0) is 0 Å². The van der Waals surface area contributed by atoms with Gasteiger partial charge in [-0.2, -0.15) is 5.10 Å². The van der Waals surface area contributed by atoms with Crippen LogP contribution in [0, 0.1) is 31.0 Å². The highest BCUT2D eigenvalue weighted by Gasteiger charge is 2.52. The van der Waals surface area contributed by atoms with Crippen molar-refractivity contribution >= 4 is 21.8 Å². The SMILES string of the molecule is Cc1cc(-n2c(C(C)C)c(C3CC4(CC(C)C4)C3)c3cc4[nH]nc(C)c4cc32)ccc1F. The largest absolute Gasteiger partial charge is 0.313 e. The first-order valence-corrected chi connectivity index (χ1v) is 12.1. The fourth-order valence-corrected chi connectivity index (χ4v) is 6.96. The molecule has 1 spiro atoms. The first kappa shape index (κ1) is 20.0. The quantitative estimate of drug-likeness (QED) is 0.356. The molecular weight excluding hydrogens is 397 g/mol. The third-order valence-electron chi connectivity index (χ3n) is 8.19. The van der Waals surface area contributed by atoms with Crippen molar-refractivity contribution in [2.45, 2.75) is 72.1 Å². The molecule has 0 amide bonds. The number of hydrogen-bond acceptors (Lipinski definition) is 1. The van der Waals surface area contributed by atoms with Gasteiger partial charge in [0.1, 0.15) is 5.82 Å². The fraction of sp³-hybridized carbons (Fsp3) is 0.464. The minimum atomic E-state index is -0.148. The number of nitrogens with one attached hydrogen (secondary N) is 1. The molecule has 2 fully saturated rings. The maximum atomic E-state index is 14.1. The molecule has 4 heteroatoms. The molecule has 4 aromatic rings. The zero-order valence-corrected chi connectivity index (χ0v) is 19.7. The van der Waals surface area contributed by atoms with Crippen molar-refractivity contribution in [3.05, 3.63) is 58.7 Å². The van der Waals surface area contributed by atoms with E-state index in [0.29, 0.717) is 22.8 Å². The van der Waals surface area contributed by atoms with Gasteiger partial charge in [0, 0.05) is 22.2 Å². The number of aromatic amines is 1. The Morgan fingerprint density at radius 2 is 1.81 bits per heavy atom. The maximum absolute atomic E-state index is 14.1. The summed E-state index contributed by atoms with van der Waals surface area (Å²) < 4.78 is 16.5. The lowest BCUT2D eigenvalue weighted by Gasteiger charge is -2.57. The van der Waals surface area contributed by atoms with Gasteiger partial charge in [-0.1, -0.05) is 20.8 Å². The van der Waals surface area contributed by atoms with E-state index < -0.39 is 0 Å². The molecule has 0 atom stereocenters. The van der Waals surface area contributed by atoms with E-state index in [4.69, 9.17) is 0 Å². The summed E-state index contributed by atoms with van der Waals surface area (Å²) in [7, 11) is 0. The average molecular weight is 430 g/mol. The van der Waals surface area contributed by atoms with Gasteiger partial charge in [-0.3, -0.25) is 5.10 Å². The Labute approximate surface area is 189 Å². The molecule has 0 aliphatic heterocycles. The summed E-state index contributed by atoms with van der Waals surface area (Å²) in [5.41, 5.74) is 8.56. The Hall–Kier alpha value is -2.62. The van der Waals surface area contributed by atoms with E-state index in [1.54, 1.807) is 6.07 Å². The minimum Gasteiger partial charge on any atom is -0.313 e. The summed E-state index contributed by atoms with van der Waals surface area (Å²) >= 11 is 0. The normalized spacial score (nSPS) is 25.1. The van der Waals surface area contributed by atoms with Crippen molar-refractivity contribution in [3.8, 4) is 5.69 Å². The van der Waals surface area contributed by atoms with Crippen molar-refractivity contribution in [1.82, 2.24) is 14.8 Å². The molecule has 166 valence electrons. The molecule has 32 heavy (non-hydrogen) atoms. The van der Waals surface area contributed by atoms with E-state index in [1.807, 2.05) is 19.1 Å². The van der Waals surface area contributed by atoms with E-state index in [9.17, 15) is 4.39 Å². The van der Waals surface area contributed by atoms with Gasteiger partial charge in [0.05, 0.1) is 16.7 Å². The molecule has 3 nitrogen and oxygen atoms in total. The Bertz CT molecular complexity index is 1360. The molecule has 2 aliphatic carbocycles. The summed E-state index contributed by atoms with van der Waals surface area (Å²) in [5, 5.41) is 10.2. The predicted molar refractivity (Wildman–Crippen MR) is 129 cm³/mol. The number of nitrogens with zero attached hydrogens (tertiary/aromatic N) is 2. The van der Waals surface area contributed by atoms with Crippen LogP contribution in [-0.4, -0.2) is 14.8 Å². The van der Waals surface area contributed by atoms with Crippen LogP contribution in [0.3, 0.4) is 0 Å². The number of fused-ring (bicyclic) bond motifs is 2. The topological polar surface area (TPSA) is 33.6 Å². The third-order valence-corrected chi connectivity index (χ3v) is 8.19. The monoisotopic (exact) mass is 429 g/mol. The van der Waals surface area contributed by atoms with E-state index in [2.05, 4.69) is 54.6 Å². The molecule has 0 radical (unpaired) electrons. The second-order valence-corrected chi connectivity index (χ2v) is 11.1. The lowest BCUT2D eigenvalue weighted by Crippen LogP contribution is -2.45. The van der Waals surface area contributed by atoms with Gasteiger partial charge >= 0.3 is 0 Å². The van der Waals surface area contributed by atoms with Crippen molar-refractivity contribution in [2.75, 3.05) is 0 Å². The summed E-state index contributed by atoms with van der Waals surface area (Å²) in [6, 6.07) is 10.1. The highest BCUT2D eigenvalue weighted by atomic mass is 19.1. The summed E-state index contributed by atoms with van der Waals surface area (Å²) in [6.45, 7) is 10.9. The van der Waals surface area contributed by atoms with Crippen LogP contribution in [0.25, 0.3) is 27.5 Å². The van der Waals surface area contributed by atoms with Crippen LogP contribution in [0.2, 0.25) is 0 Å². The standard InChI is InChI=1S/C28H32FN3/c1-15(2)27-26(19-13-28(14-19)11-16(3)12-28)22-9-24-21(18(5)30-31-24)10-25(22)32(27)20-6-7-23(29)17(4)8-20/h6-10,15-16,19H,11-14H2,1-5H3,(H,30,31). The fourth-order valence-electron chi connectivity index (χ4n) is 6.96. The molecule has 6 rings (SSSR count). The highest BCUT2D eigenvalue weighted by Crippen LogP contribution is 2.65. The maximum Gasteiger partial charge on any atom is 0.126 e. The van der Waals surface area contributed by atoms with Crippen molar-refractivity contribution in [1.29, 1.82) is 0 Å². The van der Waals surface area contributed by atoms with Crippen LogP contribution < -0.4 is 0 Å². The van der Waals surface area contributed by atoms with Crippen LogP contribution in [0.4, 0.5) is 4.39 Å². The Morgan fingerprint density at radius 3 is 2.47 bits per heavy atom. The molecular formula is C28H32FN3. The van der Waals surface area contributed by atoms with E-state index >= 15 is 0 Å². The number of aryl methyl sites for hydroxylation is 2. The Balaban J connectivity index is 1.62. The van der Waals surface area contributed by atoms with Gasteiger partial charge in [-0.15, -0.1) is 0 Å². The van der Waals surface area contributed by atoms with Crippen molar-refractivity contribution in [2.24, 2.45) is 11.3 Å². The van der Waals surface area contributed by atoms with Crippen LogP contribution in [0.1, 0.15) is 80.8 Å². The number of aromatic nitrogens is 3. The zero-order valence-electron chi connectivity index (χ0n) is 19.7. The first-order chi connectivity index (χ1) is 15.3. The molecule has 2 heterocycles. The van der Waals surface area contributed by atoms with Crippen LogP contribution in [0.15, 0.2) is 30.3 Å². The predicted octanol–water partition coefficient (Wildman–Crippen LogP) is 7.68. The molecule has 2 saturated carbocycles. The first-order valence-electron chi connectivity index (χ1n) is 12.1. The molecule has 2 aromatic heterocycles. The van der Waals surface area contributed by atoms with Crippen LogP contribution >= 0.6 is 0 Å². The number of H-pyrrole nitrogens is 1. The van der Waals surface area contributed by atoms with Gasteiger partial charge in [-0.25, -0.2) is 4.39 Å².